The molecule has 0 spiro atoms. The van der Waals surface area contributed by atoms with Crippen molar-refractivity contribution in [2.45, 2.75) is 51.1 Å². The molecule has 5 nitrogen and oxygen atoms in total. The third kappa shape index (κ3) is 2.91. The minimum Gasteiger partial charge on any atom is -0.370 e. The van der Waals surface area contributed by atoms with Crippen molar-refractivity contribution in [3.63, 3.8) is 0 Å². The van der Waals surface area contributed by atoms with Crippen molar-refractivity contribution in [2.75, 3.05) is 13.1 Å². The Morgan fingerprint density at radius 3 is 2.79 bits per heavy atom. The van der Waals surface area contributed by atoms with E-state index < -0.39 is 0 Å². The molecule has 2 N–H and O–H groups in total. The van der Waals surface area contributed by atoms with Crippen LogP contribution >= 0.6 is 0 Å². The first-order valence-corrected chi connectivity index (χ1v) is 7.41. The first-order chi connectivity index (χ1) is 9.33. The highest BCUT2D eigenvalue weighted by molar-refractivity contribution is 5.78. The van der Waals surface area contributed by atoms with E-state index in [1.807, 2.05) is 12.4 Å². The zero-order valence-corrected chi connectivity index (χ0v) is 11.5. The van der Waals surface area contributed by atoms with Gasteiger partial charge in [0.2, 0.25) is 0 Å². The van der Waals surface area contributed by atoms with Gasteiger partial charge in [0.25, 0.3) is 0 Å². The number of rotatable bonds is 1. The van der Waals surface area contributed by atoms with Crippen LogP contribution in [0.25, 0.3) is 0 Å². The molecule has 0 bridgehead atoms. The van der Waals surface area contributed by atoms with Crippen LogP contribution in [-0.4, -0.2) is 39.5 Å². The SMILES string of the molecule is NC(=NC1CCn2ccnc2C1)N1CCCCCC1. The molecule has 0 saturated carbocycles. The van der Waals surface area contributed by atoms with Crippen LogP contribution in [0.4, 0.5) is 0 Å². The predicted octanol–water partition coefficient (Wildman–Crippen LogP) is 1.39. The average molecular weight is 261 g/mol. The summed E-state index contributed by atoms with van der Waals surface area (Å²) < 4.78 is 2.22. The number of hydrogen-bond donors (Lipinski definition) is 1. The molecule has 1 unspecified atom stereocenters. The molecule has 1 saturated heterocycles. The van der Waals surface area contributed by atoms with Crippen molar-refractivity contribution in [3.05, 3.63) is 18.2 Å². The molecular formula is C14H23N5. The monoisotopic (exact) mass is 261 g/mol. The highest BCUT2D eigenvalue weighted by Crippen LogP contribution is 2.17. The van der Waals surface area contributed by atoms with Gasteiger partial charge in [0, 0.05) is 38.4 Å². The number of likely N-dealkylation sites (tertiary alicyclic amines) is 1. The molecule has 0 aromatic carbocycles. The summed E-state index contributed by atoms with van der Waals surface area (Å²) in [6.45, 7) is 3.14. The van der Waals surface area contributed by atoms with Crippen molar-refractivity contribution < 1.29 is 0 Å². The summed E-state index contributed by atoms with van der Waals surface area (Å²) in [5, 5.41) is 0. The molecule has 2 aliphatic heterocycles. The first-order valence-electron chi connectivity index (χ1n) is 7.41. The van der Waals surface area contributed by atoms with E-state index in [4.69, 9.17) is 10.7 Å². The number of guanidine groups is 1. The minimum atomic E-state index is 0.304. The molecule has 0 radical (unpaired) electrons. The van der Waals surface area contributed by atoms with Crippen molar-refractivity contribution in [3.8, 4) is 0 Å². The molecule has 3 heterocycles. The lowest BCUT2D eigenvalue weighted by molar-refractivity contribution is 0.414. The van der Waals surface area contributed by atoms with Crippen LogP contribution in [0.2, 0.25) is 0 Å². The van der Waals surface area contributed by atoms with Gasteiger partial charge in [-0.2, -0.15) is 0 Å². The van der Waals surface area contributed by atoms with Gasteiger partial charge in [0.05, 0.1) is 6.04 Å². The largest absolute Gasteiger partial charge is 0.370 e. The zero-order chi connectivity index (χ0) is 13.1. The summed E-state index contributed by atoms with van der Waals surface area (Å²) in [7, 11) is 0. The van der Waals surface area contributed by atoms with Crippen molar-refractivity contribution >= 4 is 5.96 Å². The van der Waals surface area contributed by atoms with Crippen LogP contribution in [0.1, 0.15) is 37.9 Å². The number of aliphatic imine (C=N–C) groups is 1. The average Bonchev–Trinajstić information content (AvgIpc) is 2.71. The van der Waals surface area contributed by atoms with Gasteiger partial charge in [0.15, 0.2) is 5.96 Å². The predicted molar refractivity (Wildman–Crippen MR) is 76.0 cm³/mol. The molecule has 3 rings (SSSR count). The fourth-order valence-electron chi connectivity index (χ4n) is 3.01. The van der Waals surface area contributed by atoms with Gasteiger partial charge < -0.3 is 15.2 Å². The van der Waals surface area contributed by atoms with E-state index in [9.17, 15) is 0 Å². The summed E-state index contributed by atoms with van der Waals surface area (Å²) in [5.74, 6) is 1.88. The second-order valence-corrected chi connectivity index (χ2v) is 5.57. The zero-order valence-electron chi connectivity index (χ0n) is 11.5. The molecule has 0 aliphatic carbocycles. The third-order valence-electron chi connectivity index (χ3n) is 4.17. The summed E-state index contributed by atoms with van der Waals surface area (Å²) >= 11 is 0. The van der Waals surface area contributed by atoms with E-state index in [2.05, 4.69) is 14.5 Å². The Labute approximate surface area is 114 Å². The van der Waals surface area contributed by atoms with Gasteiger partial charge in [-0.1, -0.05) is 12.8 Å². The Morgan fingerprint density at radius 1 is 1.21 bits per heavy atom. The quantitative estimate of drug-likeness (QED) is 0.614. The van der Waals surface area contributed by atoms with E-state index in [0.29, 0.717) is 6.04 Å². The molecule has 0 amide bonds. The highest BCUT2D eigenvalue weighted by atomic mass is 15.3. The number of aromatic nitrogens is 2. The molecule has 1 aromatic heterocycles. The van der Waals surface area contributed by atoms with Crippen LogP contribution in [0.3, 0.4) is 0 Å². The molecule has 104 valence electrons. The van der Waals surface area contributed by atoms with E-state index in [0.717, 1.165) is 44.3 Å². The van der Waals surface area contributed by atoms with Gasteiger partial charge in [0.1, 0.15) is 5.82 Å². The second kappa shape index (κ2) is 5.63. The van der Waals surface area contributed by atoms with Crippen LogP contribution in [0.15, 0.2) is 17.4 Å². The minimum absolute atomic E-state index is 0.304. The Hall–Kier alpha value is -1.52. The maximum Gasteiger partial charge on any atom is 0.191 e. The van der Waals surface area contributed by atoms with Gasteiger partial charge in [-0.3, -0.25) is 0 Å². The Morgan fingerprint density at radius 2 is 2.00 bits per heavy atom. The third-order valence-corrected chi connectivity index (χ3v) is 4.17. The summed E-state index contributed by atoms with van der Waals surface area (Å²) in [5.41, 5.74) is 6.19. The molecule has 5 heteroatoms. The fourth-order valence-corrected chi connectivity index (χ4v) is 3.01. The lowest BCUT2D eigenvalue weighted by atomic mass is 10.1. The van der Waals surface area contributed by atoms with E-state index >= 15 is 0 Å². The van der Waals surface area contributed by atoms with E-state index in [1.165, 1.54) is 25.7 Å². The van der Waals surface area contributed by atoms with Gasteiger partial charge in [-0.25, -0.2) is 9.98 Å². The van der Waals surface area contributed by atoms with Gasteiger partial charge >= 0.3 is 0 Å². The number of imidazole rings is 1. The maximum absolute atomic E-state index is 6.19. The normalized spacial score (nSPS) is 24.9. The number of fused-ring (bicyclic) bond motifs is 1. The van der Waals surface area contributed by atoms with Crippen LogP contribution in [0.5, 0.6) is 0 Å². The van der Waals surface area contributed by atoms with Crippen LogP contribution in [-0.2, 0) is 13.0 Å². The topological polar surface area (TPSA) is 59.4 Å². The van der Waals surface area contributed by atoms with Crippen LogP contribution in [0, 0.1) is 0 Å². The number of nitrogens with two attached hydrogens (primary N) is 1. The molecule has 1 atom stereocenters. The molecule has 19 heavy (non-hydrogen) atoms. The lowest BCUT2D eigenvalue weighted by Gasteiger charge is -2.25. The lowest BCUT2D eigenvalue weighted by Crippen LogP contribution is -2.39. The second-order valence-electron chi connectivity index (χ2n) is 5.57. The Kier molecular flexibility index (Phi) is 3.71. The number of nitrogens with zero attached hydrogens (tertiary/aromatic N) is 4. The maximum atomic E-state index is 6.19. The fraction of sp³-hybridized carbons (Fsp3) is 0.714. The van der Waals surface area contributed by atoms with E-state index in [-0.39, 0.29) is 0 Å². The summed E-state index contributed by atoms with van der Waals surface area (Å²) in [6, 6.07) is 0.304. The van der Waals surface area contributed by atoms with Crippen molar-refractivity contribution in [1.29, 1.82) is 0 Å². The molecule has 1 fully saturated rings. The first kappa shape index (κ1) is 12.5. The standard InChI is InChI=1S/C14H23N5/c15-14(19-7-3-1-2-4-8-19)17-12-5-9-18-10-6-16-13(18)11-12/h6,10,12H,1-5,7-9,11H2,(H2,15,17). The smallest absolute Gasteiger partial charge is 0.191 e. The van der Waals surface area contributed by atoms with Crippen LogP contribution < -0.4 is 5.73 Å². The molecule has 1 aromatic rings. The molecule has 2 aliphatic rings. The van der Waals surface area contributed by atoms with Gasteiger partial charge in [-0.05, 0) is 19.3 Å². The van der Waals surface area contributed by atoms with Crippen molar-refractivity contribution in [1.82, 2.24) is 14.5 Å². The Balaban J connectivity index is 1.64. The van der Waals surface area contributed by atoms with E-state index in [1.54, 1.807) is 0 Å². The molecular weight excluding hydrogens is 238 g/mol. The highest BCUT2D eigenvalue weighted by Gasteiger charge is 2.20. The van der Waals surface area contributed by atoms with Crippen molar-refractivity contribution in [2.24, 2.45) is 10.7 Å². The summed E-state index contributed by atoms with van der Waals surface area (Å²) in [6.07, 6.45) is 11.0. The number of hydrogen-bond acceptors (Lipinski definition) is 2. The van der Waals surface area contributed by atoms with Gasteiger partial charge in [-0.15, -0.1) is 0 Å². The summed E-state index contributed by atoms with van der Waals surface area (Å²) in [4.78, 5) is 11.4. The Bertz CT molecular complexity index is 442. The number of aryl methyl sites for hydroxylation is 1.